The summed E-state index contributed by atoms with van der Waals surface area (Å²) in [4.78, 5) is 10.8. The first-order valence-electron chi connectivity index (χ1n) is 5.55. The van der Waals surface area contributed by atoms with Gasteiger partial charge in [0.15, 0.2) is 5.75 Å². The summed E-state index contributed by atoms with van der Waals surface area (Å²) in [7, 11) is 0. The fourth-order valence-electron chi connectivity index (χ4n) is 1.61. The van der Waals surface area contributed by atoms with Crippen LogP contribution in [-0.4, -0.2) is 5.97 Å². The van der Waals surface area contributed by atoms with Gasteiger partial charge in [-0.05, 0) is 29.3 Å². The molecule has 0 amide bonds. The minimum absolute atomic E-state index is 0.0828. The Morgan fingerprint density at radius 1 is 1.10 bits per heavy atom. The highest BCUT2D eigenvalue weighted by Crippen LogP contribution is 2.36. The van der Waals surface area contributed by atoms with E-state index in [9.17, 15) is 9.90 Å². The normalized spacial score (nSPS) is 10.3. The van der Waals surface area contributed by atoms with Gasteiger partial charge in [0.05, 0.1) is 16.0 Å². The molecular formula is C14H8Cl3O3-. The standard InChI is InChI=1S/C14H9Cl3O3/c15-10-5-11(16)13(12(17)6-10)20-7-8-2-1-3-9(4-8)14(18)19/h1-6H,7H2,(H,18,19)/p-1. The number of carboxylic acids is 1. The first kappa shape index (κ1) is 15.0. The van der Waals surface area contributed by atoms with Crippen molar-refractivity contribution < 1.29 is 14.6 Å². The van der Waals surface area contributed by atoms with E-state index >= 15 is 0 Å². The monoisotopic (exact) mass is 329 g/mol. The maximum atomic E-state index is 10.8. The van der Waals surface area contributed by atoms with Crippen molar-refractivity contribution in [2.24, 2.45) is 0 Å². The zero-order chi connectivity index (χ0) is 14.7. The Bertz CT molecular complexity index is 633. The Balaban J connectivity index is 2.17. The number of carbonyl (C=O) groups is 1. The molecular weight excluding hydrogens is 323 g/mol. The summed E-state index contributed by atoms with van der Waals surface area (Å²) in [5.41, 5.74) is 0.744. The van der Waals surface area contributed by atoms with E-state index in [1.807, 2.05) is 0 Å². The molecule has 0 atom stereocenters. The summed E-state index contributed by atoms with van der Waals surface area (Å²) in [6.45, 7) is 0.127. The van der Waals surface area contributed by atoms with Crippen LogP contribution in [0.4, 0.5) is 0 Å². The lowest BCUT2D eigenvalue weighted by molar-refractivity contribution is -0.255. The molecule has 104 valence electrons. The van der Waals surface area contributed by atoms with E-state index in [4.69, 9.17) is 39.5 Å². The van der Waals surface area contributed by atoms with Gasteiger partial charge in [0.2, 0.25) is 0 Å². The number of carboxylic acid groups (broad SMARTS) is 1. The van der Waals surface area contributed by atoms with E-state index in [1.165, 1.54) is 24.3 Å². The molecule has 2 aromatic rings. The average molecular weight is 331 g/mol. The molecule has 0 unspecified atom stereocenters. The molecule has 3 nitrogen and oxygen atoms in total. The molecule has 0 aliphatic rings. The molecule has 0 fully saturated rings. The number of hydrogen-bond acceptors (Lipinski definition) is 3. The predicted molar refractivity (Wildman–Crippen MR) is 76.6 cm³/mol. The maximum Gasteiger partial charge on any atom is 0.157 e. The summed E-state index contributed by atoms with van der Waals surface area (Å²) in [5.74, 6) is -0.939. The highest BCUT2D eigenvalue weighted by Gasteiger charge is 2.09. The lowest BCUT2D eigenvalue weighted by Gasteiger charge is -2.11. The zero-order valence-electron chi connectivity index (χ0n) is 10.0. The predicted octanol–water partition coefficient (Wildman–Crippen LogP) is 3.59. The van der Waals surface area contributed by atoms with Gasteiger partial charge in [-0.25, -0.2) is 0 Å². The van der Waals surface area contributed by atoms with Crippen molar-refractivity contribution in [2.45, 2.75) is 6.61 Å². The van der Waals surface area contributed by atoms with Gasteiger partial charge in [-0.2, -0.15) is 0 Å². The number of carbonyl (C=O) groups excluding carboxylic acids is 1. The van der Waals surface area contributed by atoms with Gasteiger partial charge in [0, 0.05) is 5.02 Å². The van der Waals surface area contributed by atoms with Crippen molar-refractivity contribution in [3.63, 3.8) is 0 Å². The molecule has 0 heterocycles. The average Bonchev–Trinajstić information content (AvgIpc) is 2.37. The van der Waals surface area contributed by atoms with E-state index < -0.39 is 5.97 Å². The Kier molecular flexibility index (Phi) is 4.76. The van der Waals surface area contributed by atoms with Gasteiger partial charge in [0.1, 0.15) is 6.61 Å². The van der Waals surface area contributed by atoms with Crippen molar-refractivity contribution in [3.8, 4) is 5.75 Å². The Morgan fingerprint density at radius 2 is 1.75 bits per heavy atom. The van der Waals surface area contributed by atoms with Crippen LogP contribution in [0.1, 0.15) is 15.9 Å². The van der Waals surface area contributed by atoms with Gasteiger partial charge < -0.3 is 14.6 Å². The van der Waals surface area contributed by atoms with Crippen LogP contribution in [0.2, 0.25) is 15.1 Å². The highest BCUT2D eigenvalue weighted by molar-refractivity contribution is 6.40. The molecule has 0 aromatic heterocycles. The second-order valence-corrected chi connectivity index (χ2v) is 5.23. The van der Waals surface area contributed by atoms with Crippen LogP contribution < -0.4 is 9.84 Å². The summed E-state index contributed by atoms with van der Waals surface area (Å²) in [6.07, 6.45) is 0. The van der Waals surface area contributed by atoms with Gasteiger partial charge in [-0.1, -0.05) is 53.0 Å². The fraction of sp³-hybridized carbons (Fsp3) is 0.0714. The molecule has 0 aliphatic heterocycles. The Labute approximate surface area is 130 Å². The quantitative estimate of drug-likeness (QED) is 0.861. The third-order valence-electron chi connectivity index (χ3n) is 2.51. The molecule has 0 bridgehead atoms. The summed E-state index contributed by atoms with van der Waals surface area (Å²) < 4.78 is 5.51. The number of hydrogen-bond donors (Lipinski definition) is 0. The largest absolute Gasteiger partial charge is 0.545 e. The number of benzene rings is 2. The van der Waals surface area contributed by atoms with E-state index in [2.05, 4.69) is 0 Å². The van der Waals surface area contributed by atoms with Gasteiger partial charge >= 0.3 is 0 Å². The van der Waals surface area contributed by atoms with Crippen molar-refractivity contribution >= 4 is 40.8 Å². The minimum Gasteiger partial charge on any atom is -0.545 e. The Hall–Kier alpha value is -1.42. The number of rotatable bonds is 4. The minimum atomic E-state index is -1.24. The van der Waals surface area contributed by atoms with Crippen LogP contribution in [-0.2, 0) is 6.61 Å². The molecule has 0 N–H and O–H groups in total. The lowest BCUT2D eigenvalue weighted by Crippen LogP contribution is -2.22. The second kappa shape index (κ2) is 6.35. The van der Waals surface area contributed by atoms with Crippen LogP contribution in [0.15, 0.2) is 36.4 Å². The van der Waals surface area contributed by atoms with Crippen LogP contribution in [0.5, 0.6) is 5.75 Å². The van der Waals surface area contributed by atoms with Crippen molar-refractivity contribution in [1.82, 2.24) is 0 Å². The highest BCUT2D eigenvalue weighted by atomic mass is 35.5. The zero-order valence-corrected chi connectivity index (χ0v) is 12.3. The van der Waals surface area contributed by atoms with Gasteiger partial charge in [-0.3, -0.25) is 0 Å². The van der Waals surface area contributed by atoms with Crippen molar-refractivity contribution in [1.29, 1.82) is 0 Å². The molecule has 0 spiro atoms. The van der Waals surface area contributed by atoms with Crippen molar-refractivity contribution in [3.05, 3.63) is 62.6 Å². The summed E-state index contributed by atoms with van der Waals surface area (Å²) >= 11 is 17.8. The van der Waals surface area contributed by atoms with Crippen LogP contribution in [0.3, 0.4) is 0 Å². The SMILES string of the molecule is O=C([O-])c1cccc(COc2c(Cl)cc(Cl)cc2Cl)c1. The maximum absolute atomic E-state index is 10.8. The first-order valence-corrected chi connectivity index (χ1v) is 6.68. The molecule has 0 saturated heterocycles. The summed E-state index contributed by atoms with van der Waals surface area (Å²) in [5, 5.41) is 11.8. The molecule has 0 saturated carbocycles. The number of aromatic carboxylic acids is 1. The van der Waals surface area contributed by atoms with Crippen LogP contribution in [0, 0.1) is 0 Å². The molecule has 2 aromatic carbocycles. The van der Waals surface area contributed by atoms with Gasteiger partial charge in [0.25, 0.3) is 0 Å². The smallest absolute Gasteiger partial charge is 0.157 e. The van der Waals surface area contributed by atoms with Crippen molar-refractivity contribution in [2.75, 3.05) is 0 Å². The topological polar surface area (TPSA) is 49.4 Å². The van der Waals surface area contributed by atoms with Gasteiger partial charge in [-0.15, -0.1) is 0 Å². The fourth-order valence-corrected chi connectivity index (χ4v) is 2.54. The molecule has 0 aliphatic carbocycles. The first-order chi connectivity index (χ1) is 9.47. The number of halogens is 3. The molecule has 0 radical (unpaired) electrons. The van der Waals surface area contributed by atoms with E-state index in [-0.39, 0.29) is 12.2 Å². The number of ether oxygens (including phenoxy) is 1. The second-order valence-electron chi connectivity index (χ2n) is 3.98. The lowest BCUT2D eigenvalue weighted by atomic mass is 10.1. The van der Waals surface area contributed by atoms with E-state index in [1.54, 1.807) is 12.1 Å². The van der Waals surface area contributed by atoms with Crippen LogP contribution >= 0.6 is 34.8 Å². The summed E-state index contributed by atoms with van der Waals surface area (Å²) in [6, 6.07) is 9.27. The Morgan fingerprint density at radius 3 is 2.35 bits per heavy atom. The third-order valence-corrected chi connectivity index (χ3v) is 3.29. The van der Waals surface area contributed by atoms with E-state index in [0.29, 0.717) is 26.4 Å². The third kappa shape index (κ3) is 3.57. The van der Waals surface area contributed by atoms with E-state index in [0.717, 1.165) is 0 Å². The van der Waals surface area contributed by atoms with Crippen LogP contribution in [0.25, 0.3) is 0 Å². The molecule has 6 heteroatoms. The molecule has 2 rings (SSSR count). The molecule has 20 heavy (non-hydrogen) atoms.